The fourth-order valence-corrected chi connectivity index (χ4v) is 1.70. The third-order valence-electron chi connectivity index (χ3n) is 1.53. The monoisotopic (exact) mass is 229 g/mol. The van der Waals surface area contributed by atoms with Gasteiger partial charge in [0.1, 0.15) is 5.75 Å². The van der Waals surface area contributed by atoms with Gasteiger partial charge in [0, 0.05) is 6.07 Å². The first-order chi connectivity index (χ1) is 7.08. The van der Waals surface area contributed by atoms with E-state index in [1.54, 1.807) is 6.07 Å². The van der Waals surface area contributed by atoms with Crippen LogP contribution in [0.2, 0.25) is 0 Å². The van der Waals surface area contributed by atoms with Crippen LogP contribution in [0, 0.1) is 0 Å². The summed E-state index contributed by atoms with van der Waals surface area (Å²) in [6.45, 7) is 0. The Morgan fingerprint density at radius 2 is 2.20 bits per heavy atom. The van der Waals surface area contributed by atoms with Crippen molar-refractivity contribution in [2.75, 3.05) is 6.16 Å². The first-order valence-corrected chi connectivity index (χ1v) is 5.57. The molecule has 0 aromatic heterocycles. The summed E-state index contributed by atoms with van der Waals surface area (Å²) in [6.07, 6.45) is -0.242. The third kappa shape index (κ3) is 4.42. The molecule has 0 aliphatic carbocycles. The molecule has 1 aromatic rings. The Labute approximate surface area is 87.2 Å². The van der Waals surface area contributed by atoms with Gasteiger partial charge in [-0.25, -0.2) is 0 Å². The largest absolute Gasteiger partial charge is 0.556 e. The highest BCUT2D eigenvalue weighted by Crippen LogP contribution is 2.29. The zero-order chi connectivity index (χ0) is 11.3. The van der Waals surface area contributed by atoms with Gasteiger partial charge in [0.25, 0.3) is 0 Å². The third-order valence-corrected chi connectivity index (χ3v) is 2.54. The second-order valence-corrected chi connectivity index (χ2v) is 4.08. The second-order valence-electron chi connectivity index (χ2n) is 2.79. The molecule has 0 fully saturated rings. The maximum atomic E-state index is 11.2. The van der Waals surface area contributed by atoms with Crippen molar-refractivity contribution in [2.45, 2.75) is 6.42 Å². The van der Waals surface area contributed by atoms with Crippen molar-refractivity contribution < 1.29 is 24.1 Å². The number of carboxylic acids is 1. The van der Waals surface area contributed by atoms with Gasteiger partial charge in [-0.05, 0) is 16.7 Å². The Balaban J connectivity index is 2.48. The van der Waals surface area contributed by atoms with Crippen LogP contribution in [0.25, 0.3) is 0 Å². The van der Waals surface area contributed by atoms with Crippen molar-refractivity contribution in [1.29, 1.82) is 0 Å². The van der Waals surface area contributed by atoms with E-state index in [0.29, 0.717) is 0 Å². The van der Waals surface area contributed by atoms with Crippen LogP contribution in [-0.2, 0) is 9.36 Å². The molecule has 0 amide bonds. The number of aliphatic carboxylic acids is 1. The Morgan fingerprint density at radius 3 is 2.80 bits per heavy atom. The van der Waals surface area contributed by atoms with Crippen molar-refractivity contribution in [3.8, 4) is 11.5 Å². The van der Waals surface area contributed by atoms with Crippen LogP contribution >= 0.6 is 8.03 Å². The molecular weight excluding hydrogens is 219 g/mol. The van der Waals surface area contributed by atoms with Gasteiger partial charge < -0.3 is 10.2 Å². The van der Waals surface area contributed by atoms with Gasteiger partial charge in [0.2, 0.25) is 0 Å². The molecule has 0 heterocycles. The van der Waals surface area contributed by atoms with E-state index in [4.69, 9.17) is 14.7 Å². The first kappa shape index (κ1) is 11.5. The number of hydrogen-bond donors (Lipinski definition) is 2. The number of aromatic hydroxyl groups is 1. The van der Waals surface area contributed by atoms with Crippen LogP contribution in [0.3, 0.4) is 0 Å². The normalized spacial score (nSPS) is 10.8. The van der Waals surface area contributed by atoms with Gasteiger partial charge in [-0.1, -0.05) is 6.07 Å². The Morgan fingerprint density at radius 1 is 1.47 bits per heavy atom. The van der Waals surface area contributed by atoms with Crippen LogP contribution in [-0.4, -0.2) is 22.3 Å². The molecule has 0 aliphatic rings. The van der Waals surface area contributed by atoms with Gasteiger partial charge in [-0.15, -0.1) is 0 Å². The van der Waals surface area contributed by atoms with E-state index in [1.807, 2.05) is 0 Å². The maximum absolute atomic E-state index is 11.2. The quantitative estimate of drug-likeness (QED) is 0.754. The number of benzene rings is 1. The van der Waals surface area contributed by atoms with Gasteiger partial charge in [0.15, 0.2) is 11.9 Å². The van der Waals surface area contributed by atoms with Crippen molar-refractivity contribution in [3.05, 3.63) is 24.3 Å². The molecule has 0 radical (unpaired) electrons. The minimum Gasteiger partial charge on any atom is -0.508 e. The van der Waals surface area contributed by atoms with Crippen LogP contribution in [0.5, 0.6) is 11.5 Å². The Bertz CT molecular complexity index is 377. The van der Waals surface area contributed by atoms with Crippen LogP contribution in [0.1, 0.15) is 6.42 Å². The van der Waals surface area contributed by atoms with Gasteiger partial charge >= 0.3 is 14.0 Å². The predicted molar refractivity (Wildman–Crippen MR) is 53.5 cm³/mol. The lowest BCUT2D eigenvalue weighted by Gasteiger charge is -1.93. The van der Waals surface area contributed by atoms with Gasteiger partial charge in [-0.2, -0.15) is 0 Å². The van der Waals surface area contributed by atoms with Gasteiger partial charge in [0.05, 0.1) is 6.42 Å². The maximum Gasteiger partial charge on any atom is 0.556 e. The minimum atomic E-state index is -2.04. The van der Waals surface area contributed by atoms with E-state index in [0.717, 1.165) is 0 Å². The molecule has 6 heteroatoms. The van der Waals surface area contributed by atoms with E-state index >= 15 is 0 Å². The molecule has 1 aromatic carbocycles. The smallest absolute Gasteiger partial charge is 0.508 e. The predicted octanol–water partition coefficient (Wildman–Crippen LogP) is 1.99. The standard InChI is InChI=1S/C9H9O5P/c10-7-2-1-3-8(6-7)14-15(13)5-4-9(11)12/h1-3,6H,4-5H2,(H-,10,11,12)/p+1. The summed E-state index contributed by atoms with van der Waals surface area (Å²) in [5.41, 5.74) is 0. The van der Waals surface area contributed by atoms with Gasteiger partial charge in [-0.3, -0.25) is 9.32 Å². The Kier molecular flexibility index (Phi) is 4.06. The molecule has 1 atom stereocenters. The summed E-state index contributed by atoms with van der Waals surface area (Å²) in [5, 5.41) is 17.4. The zero-order valence-electron chi connectivity index (χ0n) is 7.79. The zero-order valence-corrected chi connectivity index (χ0v) is 8.68. The Hall–Kier alpha value is -1.61. The number of carbonyl (C=O) groups is 1. The molecule has 5 nitrogen and oxygen atoms in total. The molecule has 0 bridgehead atoms. The van der Waals surface area contributed by atoms with Crippen molar-refractivity contribution in [3.63, 3.8) is 0 Å². The average molecular weight is 229 g/mol. The highest BCUT2D eigenvalue weighted by atomic mass is 31.1. The fraction of sp³-hybridized carbons (Fsp3) is 0.222. The van der Waals surface area contributed by atoms with Crippen molar-refractivity contribution in [1.82, 2.24) is 0 Å². The number of carboxylic acid groups (broad SMARTS) is 1. The molecule has 1 rings (SSSR count). The van der Waals surface area contributed by atoms with E-state index in [2.05, 4.69) is 0 Å². The molecule has 1 unspecified atom stereocenters. The number of rotatable bonds is 5. The molecule has 2 N–H and O–H groups in total. The summed E-state index contributed by atoms with van der Waals surface area (Å²) >= 11 is 0. The lowest BCUT2D eigenvalue weighted by molar-refractivity contribution is -0.136. The average Bonchev–Trinajstić information content (AvgIpc) is 2.15. The minimum absolute atomic E-state index is 0.00846. The van der Waals surface area contributed by atoms with Crippen LogP contribution < -0.4 is 4.52 Å². The second kappa shape index (κ2) is 5.32. The summed E-state index contributed by atoms with van der Waals surface area (Å²) in [4.78, 5) is 10.2. The number of hydrogen-bond acceptors (Lipinski definition) is 4. The first-order valence-electron chi connectivity index (χ1n) is 4.21. The number of phenols is 1. The summed E-state index contributed by atoms with van der Waals surface area (Å²) in [7, 11) is -2.04. The lowest BCUT2D eigenvalue weighted by Crippen LogP contribution is -1.97. The van der Waals surface area contributed by atoms with E-state index in [-0.39, 0.29) is 24.1 Å². The SMILES string of the molecule is O=C(O)CC[P+](=O)Oc1cccc(O)c1. The molecular formula is C9H10O5P+. The molecule has 0 saturated heterocycles. The summed E-state index contributed by atoms with van der Waals surface area (Å²) < 4.78 is 16.1. The van der Waals surface area contributed by atoms with Crippen LogP contribution in [0.15, 0.2) is 24.3 Å². The molecule has 0 spiro atoms. The molecule has 80 valence electrons. The molecule has 0 saturated carbocycles. The lowest BCUT2D eigenvalue weighted by atomic mass is 10.3. The molecule has 0 aliphatic heterocycles. The topological polar surface area (TPSA) is 83.8 Å². The number of phenolic OH excluding ortho intramolecular Hbond substituents is 1. The molecule has 15 heavy (non-hydrogen) atoms. The fourth-order valence-electron chi connectivity index (χ4n) is 0.890. The van der Waals surface area contributed by atoms with E-state index in [1.165, 1.54) is 18.2 Å². The highest BCUT2D eigenvalue weighted by molar-refractivity contribution is 7.39. The highest BCUT2D eigenvalue weighted by Gasteiger charge is 2.20. The summed E-state index contributed by atoms with van der Waals surface area (Å²) in [6, 6.07) is 5.85. The van der Waals surface area contributed by atoms with Crippen molar-refractivity contribution >= 4 is 14.0 Å². The van der Waals surface area contributed by atoms with Crippen molar-refractivity contribution in [2.24, 2.45) is 0 Å². The van der Waals surface area contributed by atoms with Crippen LogP contribution in [0.4, 0.5) is 0 Å². The van der Waals surface area contributed by atoms with E-state index in [9.17, 15) is 9.36 Å². The van der Waals surface area contributed by atoms with E-state index < -0.39 is 14.0 Å². The summed E-state index contributed by atoms with van der Waals surface area (Å²) in [5.74, 6) is -0.742.